The van der Waals surface area contributed by atoms with Crippen LogP contribution < -0.4 is 16.0 Å². The number of rotatable bonds is 8. The van der Waals surface area contributed by atoms with Crippen molar-refractivity contribution in [3.63, 3.8) is 0 Å². The van der Waals surface area contributed by atoms with Crippen LogP contribution in [0.2, 0.25) is 0 Å². The number of para-hydroxylation sites is 1. The zero-order valence-corrected chi connectivity index (χ0v) is 16.5. The van der Waals surface area contributed by atoms with Gasteiger partial charge in [0, 0.05) is 50.6 Å². The third-order valence-electron chi connectivity index (χ3n) is 4.67. The molecule has 148 valence electrons. The average molecular weight is 374 g/mol. The van der Waals surface area contributed by atoms with Gasteiger partial charge in [-0.3, -0.25) is 14.6 Å². The van der Waals surface area contributed by atoms with Gasteiger partial charge in [-0.1, -0.05) is 18.2 Å². The maximum Gasteiger partial charge on any atom is 0.225 e. The largest absolute Gasteiger partial charge is 0.357 e. The van der Waals surface area contributed by atoms with Crippen LogP contribution in [0.4, 0.5) is 5.69 Å². The van der Waals surface area contributed by atoms with E-state index in [1.54, 1.807) is 0 Å². The molecule has 1 unspecified atom stereocenters. The molecule has 27 heavy (non-hydrogen) atoms. The average Bonchev–Trinajstić information content (AvgIpc) is 2.66. The molecule has 0 fully saturated rings. The lowest BCUT2D eigenvalue weighted by atomic mass is 9.91. The summed E-state index contributed by atoms with van der Waals surface area (Å²) >= 11 is 0. The summed E-state index contributed by atoms with van der Waals surface area (Å²) in [6.07, 6.45) is 0.862. The van der Waals surface area contributed by atoms with E-state index in [1.165, 1.54) is 0 Å². The fourth-order valence-electron chi connectivity index (χ4n) is 3.23. The van der Waals surface area contributed by atoms with Crippen molar-refractivity contribution in [2.24, 2.45) is 4.99 Å². The Balaban J connectivity index is 1.95. The summed E-state index contributed by atoms with van der Waals surface area (Å²) in [5, 5.41) is 9.33. The van der Waals surface area contributed by atoms with Crippen LogP contribution in [0.1, 0.15) is 45.1 Å². The van der Waals surface area contributed by atoms with E-state index in [-0.39, 0.29) is 17.7 Å². The minimum Gasteiger partial charge on any atom is -0.357 e. The van der Waals surface area contributed by atoms with Gasteiger partial charge in [0.05, 0.1) is 6.54 Å². The van der Waals surface area contributed by atoms with Crippen molar-refractivity contribution >= 4 is 23.5 Å². The molecule has 2 amide bonds. The topological polar surface area (TPSA) is 85.8 Å². The summed E-state index contributed by atoms with van der Waals surface area (Å²) in [4.78, 5) is 30.5. The Morgan fingerprint density at radius 3 is 2.67 bits per heavy atom. The van der Waals surface area contributed by atoms with Gasteiger partial charge in [-0.05, 0) is 32.4 Å². The smallest absolute Gasteiger partial charge is 0.225 e. The molecule has 0 spiro atoms. The molecule has 0 radical (unpaired) electrons. The van der Waals surface area contributed by atoms with E-state index in [9.17, 15) is 9.59 Å². The van der Waals surface area contributed by atoms with Crippen molar-refractivity contribution in [3.8, 4) is 0 Å². The molecule has 1 aliphatic rings. The van der Waals surface area contributed by atoms with Gasteiger partial charge < -0.3 is 20.9 Å². The van der Waals surface area contributed by atoms with Gasteiger partial charge in [-0.25, -0.2) is 0 Å². The summed E-state index contributed by atoms with van der Waals surface area (Å²) in [5.74, 6) is 0.897. The normalized spacial score (nSPS) is 16.3. The number of amides is 2. The summed E-state index contributed by atoms with van der Waals surface area (Å²) in [6, 6.07) is 7.86. The third kappa shape index (κ3) is 5.98. The highest BCUT2D eigenvalue weighted by Gasteiger charge is 2.24. The quantitative estimate of drug-likeness (QED) is 0.480. The summed E-state index contributed by atoms with van der Waals surface area (Å²) < 4.78 is 0. The Bertz CT molecular complexity index is 670. The van der Waals surface area contributed by atoms with E-state index in [0.717, 1.165) is 30.9 Å². The molecule has 0 saturated carbocycles. The Labute approximate surface area is 161 Å². The van der Waals surface area contributed by atoms with Crippen molar-refractivity contribution in [3.05, 3.63) is 29.8 Å². The van der Waals surface area contributed by atoms with Crippen LogP contribution in [-0.4, -0.2) is 55.4 Å². The number of aliphatic imine (C=N–C) groups is 1. The molecule has 0 aliphatic carbocycles. The van der Waals surface area contributed by atoms with Crippen molar-refractivity contribution < 1.29 is 9.59 Å². The molecule has 1 atom stereocenters. The molecule has 3 N–H and O–H groups in total. The lowest BCUT2D eigenvalue weighted by Gasteiger charge is -2.24. The third-order valence-corrected chi connectivity index (χ3v) is 4.67. The van der Waals surface area contributed by atoms with Crippen LogP contribution >= 0.6 is 0 Å². The first-order chi connectivity index (χ1) is 13.1. The second kappa shape index (κ2) is 10.5. The standard InChI is InChI=1S/C20H31N5O2/c1-4-21-20(22-12-11-19(27)25(5-2)6-3)23-14-15-13-18(26)24-17-10-8-7-9-16(15)17/h7-10,15H,4-6,11-14H2,1-3H3,(H,24,26)(H2,21,22,23). The van der Waals surface area contributed by atoms with Crippen LogP contribution in [0.5, 0.6) is 0 Å². The highest BCUT2D eigenvalue weighted by molar-refractivity contribution is 5.94. The van der Waals surface area contributed by atoms with E-state index >= 15 is 0 Å². The van der Waals surface area contributed by atoms with Gasteiger partial charge in [0.1, 0.15) is 0 Å². The zero-order chi connectivity index (χ0) is 19.6. The van der Waals surface area contributed by atoms with Crippen LogP contribution in [0, 0.1) is 0 Å². The maximum absolute atomic E-state index is 12.1. The molecule has 2 rings (SSSR count). The van der Waals surface area contributed by atoms with Crippen molar-refractivity contribution in [1.29, 1.82) is 0 Å². The Hall–Kier alpha value is -2.57. The maximum atomic E-state index is 12.1. The van der Waals surface area contributed by atoms with Gasteiger partial charge in [-0.15, -0.1) is 0 Å². The van der Waals surface area contributed by atoms with Crippen LogP contribution in [0.15, 0.2) is 29.3 Å². The van der Waals surface area contributed by atoms with Gasteiger partial charge in [0.2, 0.25) is 11.8 Å². The predicted octanol–water partition coefficient (Wildman–Crippen LogP) is 1.93. The number of fused-ring (bicyclic) bond motifs is 1. The molecule has 0 aromatic heterocycles. The number of benzene rings is 1. The van der Waals surface area contributed by atoms with E-state index in [1.807, 2.05) is 49.9 Å². The summed E-state index contributed by atoms with van der Waals surface area (Å²) in [6.45, 7) is 9.21. The number of guanidine groups is 1. The number of hydrogen-bond acceptors (Lipinski definition) is 3. The summed E-state index contributed by atoms with van der Waals surface area (Å²) in [7, 11) is 0. The number of nitrogens with zero attached hydrogens (tertiary/aromatic N) is 2. The van der Waals surface area contributed by atoms with Gasteiger partial charge >= 0.3 is 0 Å². The Kier molecular flexibility index (Phi) is 8.10. The molecule has 0 bridgehead atoms. The first kappa shape index (κ1) is 20.7. The molecular weight excluding hydrogens is 342 g/mol. The minimum absolute atomic E-state index is 0.0247. The molecule has 1 heterocycles. The van der Waals surface area contributed by atoms with Crippen molar-refractivity contribution in [2.75, 3.05) is 38.0 Å². The van der Waals surface area contributed by atoms with Crippen LogP contribution in [-0.2, 0) is 9.59 Å². The first-order valence-electron chi connectivity index (χ1n) is 9.77. The number of anilines is 1. The Morgan fingerprint density at radius 2 is 1.96 bits per heavy atom. The molecular formula is C20H31N5O2. The second-order valence-corrected chi connectivity index (χ2v) is 6.50. The van der Waals surface area contributed by atoms with E-state index in [4.69, 9.17) is 0 Å². The number of carbonyl (C=O) groups excluding carboxylic acids is 2. The van der Waals surface area contributed by atoms with Crippen LogP contribution in [0.3, 0.4) is 0 Å². The van der Waals surface area contributed by atoms with E-state index in [2.05, 4.69) is 20.9 Å². The molecule has 0 saturated heterocycles. The minimum atomic E-state index is 0.0247. The van der Waals surface area contributed by atoms with Gasteiger partial charge in [-0.2, -0.15) is 0 Å². The van der Waals surface area contributed by atoms with Gasteiger partial charge in [0.25, 0.3) is 0 Å². The highest BCUT2D eigenvalue weighted by atomic mass is 16.2. The van der Waals surface area contributed by atoms with Crippen molar-refractivity contribution in [2.45, 2.75) is 39.5 Å². The SMILES string of the molecule is CCNC(=NCC1CC(=O)Nc2ccccc21)NCCC(=O)N(CC)CC. The Morgan fingerprint density at radius 1 is 1.22 bits per heavy atom. The van der Waals surface area contributed by atoms with Gasteiger partial charge in [0.15, 0.2) is 5.96 Å². The van der Waals surface area contributed by atoms with Crippen molar-refractivity contribution in [1.82, 2.24) is 15.5 Å². The lowest BCUT2D eigenvalue weighted by Crippen LogP contribution is -2.40. The molecule has 7 heteroatoms. The highest BCUT2D eigenvalue weighted by Crippen LogP contribution is 2.31. The number of nitrogens with one attached hydrogen (secondary N) is 3. The molecule has 1 aromatic carbocycles. The second-order valence-electron chi connectivity index (χ2n) is 6.50. The summed E-state index contributed by atoms with van der Waals surface area (Å²) in [5.41, 5.74) is 1.99. The fraction of sp³-hybridized carbons (Fsp3) is 0.550. The number of hydrogen-bond donors (Lipinski definition) is 3. The predicted molar refractivity (Wildman–Crippen MR) is 109 cm³/mol. The van der Waals surface area contributed by atoms with E-state index < -0.39 is 0 Å². The lowest BCUT2D eigenvalue weighted by molar-refractivity contribution is -0.130. The van der Waals surface area contributed by atoms with E-state index in [0.29, 0.717) is 31.9 Å². The monoisotopic (exact) mass is 373 g/mol. The molecule has 1 aromatic rings. The number of carbonyl (C=O) groups is 2. The fourth-order valence-corrected chi connectivity index (χ4v) is 3.23. The zero-order valence-electron chi connectivity index (χ0n) is 16.5. The van der Waals surface area contributed by atoms with Crippen LogP contribution in [0.25, 0.3) is 0 Å². The first-order valence-corrected chi connectivity index (χ1v) is 9.77. The molecule has 7 nitrogen and oxygen atoms in total. The molecule has 1 aliphatic heterocycles.